The highest BCUT2D eigenvalue weighted by molar-refractivity contribution is 4.88. The lowest BCUT2D eigenvalue weighted by atomic mass is 9.94. The number of hydrogen-bond acceptors (Lipinski definition) is 2. The maximum atomic E-state index is 3.83. The van der Waals surface area contributed by atoms with E-state index >= 15 is 0 Å². The molecular weight excluding hydrogens is 220 g/mol. The van der Waals surface area contributed by atoms with Gasteiger partial charge in [0.1, 0.15) is 0 Å². The Morgan fingerprint density at radius 1 is 1.06 bits per heavy atom. The molecule has 0 spiro atoms. The first-order chi connectivity index (χ1) is 8.81. The highest BCUT2D eigenvalue weighted by Gasteiger charge is 2.30. The van der Waals surface area contributed by atoms with E-state index in [1.807, 2.05) is 0 Å². The summed E-state index contributed by atoms with van der Waals surface area (Å²) in [6, 6.07) is 1.58. The van der Waals surface area contributed by atoms with Gasteiger partial charge in [-0.15, -0.1) is 0 Å². The van der Waals surface area contributed by atoms with Crippen LogP contribution in [-0.4, -0.2) is 36.6 Å². The van der Waals surface area contributed by atoms with Crippen LogP contribution in [0.25, 0.3) is 0 Å². The standard InChI is InChI=1S/C16H32N2/c1-3-11-17-15-9-5-4-6-10-16(15)18-12-7-8-14(2)13-18/h14-17H,3-13H2,1-2H3. The molecule has 18 heavy (non-hydrogen) atoms. The Morgan fingerprint density at radius 2 is 1.89 bits per heavy atom. The SMILES string of the molecule is CCCNC1CCCCCC1N1CCCC(C)C1. The highest BCUT2D eigenvalue weighted by Crippen LogP contribution is 2.26. The molecule has 0 radical (unpaired) electrons. The molecule has 2 heteroatoms. The highest BCUT2D eigenvalue weighted by atomic mass is 15.2. The van der Waals surface area contributed by atoms with Gasteiger partial charge in [-0.2, -0.15) is 0 Å². The van der Waals surface area contributed by atoms with Crippen LogP contribution in [0, 0.1) is 5.92 Å². The molecule has 1 heterocycles. The predicted molar refractivity (Wildman–Crippen MR) is 78.9 cm³/mol. The van der Waals surface area contributed by atoms with E-state index in [1.165, 1.54) is 71.0 Å². The summed E-state index contributed by atoms with van der Waals surface area (Å²) >= 11 is 0. The van der Waals surface area contributed by atoms with Crippen LogP contribution in [0.1, 0.15) is 65.2 Å². The average Bonchev–Trinajstić information content (AvgIpc) is 2.61. The second-order valence-corrected chi connectivity index (χ2v) is 6.51. The monoisotopic (exact) mass is 252 g/mol. The fraction of sp³-hybridized carbons (Fsp3) is 1.00. The largest absolute Gasteiger partial charge is 0.312 e. The van der Waals surface area contributed by atoms with Crippen molar-refractivity contribution in [1.29, 1.82) is 0 Å². The van der Waals surface area contributed by atoms with E-state index in [0.29, 0.717) is 0 Å². The molecule has 0 aromatic rings. The Kier molecular flexibility index (Phi) is 5.97. The van der Waals surface area contributed by atoms with Crippen molar-refractivity contribution in [3.05, 3.63) is 0 Å². The van der Waals surface area contributed by atoms with Gasteiger partial charge in [0, 0.05) is 18.6 Å². The van der Waals surface area contributed by atoms with E-state index in [4.69, 9.17) is 0 Å². The summed E-state index contributed by atoms with van der Waals surface area (Å²) in [5.41, 5.74) is 0. The Bertz CT molecular complexity index is 229. The van der Waals surface area contributed by atoms with Crippen molar-refractivity contribution in [2.75, 3.05) is 19.6 Å². The molecule has 2 fully saturated rings. The van der Waals surface area contributed by atoms with Crippen molar-refractivity contribution >= 4 is 0 Å². The van der Waals surface area contributed by atoms with Gasteiger partial charge in [0.25, 0.3) is 0 Å². The van der Waals surface area contributed by atoms with Crippen LogP contribution in [0.15, 0.2) is 0 Å². The molecule has 1 saturated heterocycles. The van der Waals surface area contributed by atoms with Crippen LogP contribution < -0.4 is 5.32 Å². The normalized spacial score (nSPS) is 35.3. The van der Waals surface area contributed by atoms with Crippen molar-refractivity contribution in [3.8, 4) is 0 Å². The van der Waals surface area contributed by atoms with Gasteiger partial charge in [0.05, 0.1) is 0 Å². The lowest BCUT2D eigenvalue weighted by molar-refractivity contribution is 0.0981. The van der Waals surface area contributed by atoms with E-state index in [-0.39, 0.29) is 0 Å². The molecule has 2 nitrogen and oxygen atoms in total. The summed E-state index contributed by atoms with van der Waals surface area (Å²) < 4.78 is 0. The summed E-state index contributed by atoms with van der Waals surface area (Å²) in [5.74, 6) is 0.911. The number of nitrogens with zero attached hydrogens (tertiary/aromatic N) is 1. The van der Waals surface area contributed by atoms with Gasteiger partial charge >= 0.3 is 0 Å². The van der Waals surface area contributed by atoms with Crippen LogP contribution in [0.5, 0.6) is 0 Å². The molecule has 106 valence electrons. The van der Waals surface area contributed by atoms with Crippen molar-refractivity contribution in [2.45, 2.75) is 77.3 Å². The summed E-state index contributed by atoms with van der Waals surface area (Å²) in [7, 11) is 0. The zero-order chi connectivity index (χ0) is 12.8. The maximum absolute atomic E-state index is 3.83. The summed E-state index contributed by atoms with van der Waals surface area (Å²) in [6.07, 6.45) is 11.3. The van der Waals surface area contributed by atoms with E-state index in [1.54, 1.807) is 0 Å². The third-order valence-electron chi connectivity index (χ3n) is 4.79. The van der Waals surface area contributed by atoms with Crippen LogP contribution >= 0.6 is 0 Å². The molecule has 1 aliphatic carbocycles. The zero-order valence-corrected chi connectivity index (χ0v) is 12.5. The van der Waals surface area contributed by atoms with Crippen LogP contribution in [0.3, 0.4) is 0 Å². The molecule has 3 unspecified atom stereocenters. The van der Waals surface area contributed by atoms with Crippen molar-refractivity contribution < 1.29 is 0 Å². The summed E-state index contributed by atoms with van der Waals surface area (Å²) in [4.78, 5) is 2.81. The van der Waals surface area contributed by atoms with Gasteiger partial charge in [-0.1, -0.05) is 33.1 Å². The van der Waals surface area contributed by atoms with Gasteiger partial charge in [0.2, 0.25) is 0 Å². The number of likely N-dealkylation sites (tertiary alicyclic amines) is 1. The predicted octanol–water partition coefficient (Wildman–Crippen LogP) is 3.42. The molecule has 3 atom stereocenters. The molecule has 2 aliphatic rings. The zero-order valence-electron chi connectivity index (χ0n) is 12.5. The van der Waals surface area contributed by atoms with Gasteiger partial charge in [-0.05, 0) is 51.1 Å². The smallest absolute Gasteiger partial charge is 0.0249 e. The molecule has 0 aromatic carbocycles. The van der Waals surface area contributed by atoms with Crippen LogP contribution in [-0.2, 0) is 0 Å². The van der Waals surface area contributed by atoms with Crippen molar-refractivity contribution in [2.24, 2.45) is 5.92 Å². The van der Waals surface area contributed by atoms with Gasteiger partial charge in [-0.25, -0.2) is 0 Å². The minimum absolute atomic E-state index is 0.762. The molecule has 0 aromatic heterocycles. The van der Waals surface area contributed by atoms with E-state index in [9.17, 15) is 0 Å². The Labute approximate surface area is 114 Å². The fourth-order valence-electron chi connectivity index (χ4n) is 3.82. The molecule has 1 aliphatic heterocycles. The van der Waals surface area contributed by atoms with E-state index in [2.05, 4.69) is 24.1 Å². The van der Waals surface area contributed by atoms with E-state index < -0.39 is 0 Å². The quantitative estimate of drug-likeness (QED) is 0.771. The molecular formula is C16H32N2. The van der Waals surface area contributed by atoms with Gasteiger partial charge in [-0.3, -0.25) is 4.90 Å². The maximum Gasteiger partial charge on any atom is 0.0249 e. The van der Waals surface area contributed by atoms with Crippen LogP contribution in [0.2, 0.25) is 0 Å². The first kappa shape index (κ1) is 14.3. The third kappa shape index (κ3) is 3.96. The summed E-state index contributed by atoms with van der Waals surface area (Å²) in [6.45, 7) is 8.60. The van der Waals surface area contributed by atoms with Crippen LogP contribution in [0.4, 0.5) is 0 Å². The number of rotatable bonds is 4. The van der Waals surface area contributed by atoms with E-state index in [0.717, 1.165) is 18.0 Å². The molecule has 2 rings (SSSR count). The van der Waals surface area contributed by atoms with Crippen molar-refractivity contribution in [1.82, 2.24) is 10.2 Å². The second-order valence-electron chi connectivity index (χ2n) is 6.51. The van der Waals surface area contributed by atoms with Gasteiger partial charge in [0.15, 0.2) is 0 Å². The topological polar surface area (TPSA) is 15.3 Å². The first-order valence-electron chi connectivity index (χ1n) is 8.28. The minimum atomic E-state index is 0.762. The molecule has 0 amide bonds. The Morgan fingerprint density at radius 3 is 2.67 bits per heavy atom. The fourth-order valence-corrected chi connectivity index (χ4v) is 3.82. The third-order valence-corrected chi connectivity index (χ3v) is 4.79. The molecule has 1 N–H and O–H groups in total. The first-order valence-corrected chi connectivity index (χ1v) is 8.28. The minimum Gasteiger partial charge on any atom is -0.312 e. The number of nitrogens with one attached hydrogen (secondary N) is 1. The number of piperidine rings is 1. The lowest BCUT2D eigenvalue weighted by Gasteiger charge is -2.41. The molecule has 1 saturated carbocycles. The Balaban J connectivity index is 1.95. The van der Waals surface area contributed by atoms with Gasteiger partial charge < -0.3 is 5.32 Å². The number of hydrogen-bond donors (Lipinski definition) is 1. The average molecular weight is 252 g/mol. The van der Waals surface area contributed by atoms with Crippen molar-refractivity contribution in [3.63, 3.8) is 0 Å². The molecule has 0 bridgehead atoms. The lowest BCUT2D eigenvalue weighted by Crippen LogP contribution is -2.52. The second kappa shape index (κ2) is 7.49. The summed E-state index contributed by atoms with van der Waals surface area (Å²) in [5, 5.41) is 3.83. The Hall–Kier alpha value is -0.0800.